The molecule has 1 aliphatic heterocycles. The SMILES string of the molecule is CCOCCOCc1cccc(CNC(=NC)NC2CCN(c3ccccc3)C2)c1. The molecule has 0 radical (unpaired) electrons. The van der Waals surface area contributed by atoms with Gasteiger partial charge in [0.2, 0.25) is 0 Å². The highest BCUT2D eigenvalue weighted by molar-refractivity contribution is 5.80. The Bertz CT molecular complexity index is 782. The molecule has 2 aromatic rings. The van der Waals surface area contributed by atoms with E-state index in [4.69, 9.17) is 9.47 Å². The van der Waals surface area contributed by atoms with E-state index in [9.17, 15) is 0 Å². The molecule has 1 atom stereocenters. The van der Waals surface area contributed by atoms with E-state index in [1.54, 1.807) is 0 Å². The summed E-state index contributed by atoms with van der Waals surface area (Å²) in [7, 11) is 1.82. The van der Waals surface area contributed by atoms with Crippen molar-refractivity contribution in [3.05, 3.63) is 65.7 Å². The molecule has 30 heavy (non-hydrogen) atoms. The molecule has 2 aromatic carbocycles. The van der Waals surface area contributed by atoms with E-state index < -0.39 is 0 Å². The summed E-state index contributed by atoms with van der Waals surface area (Å²) in [6.45, 7) is 7.35. The van der Waals surface area contributed by atoms with Gasteiger partial charge in [-0.1, -0.05) is 42.5 Å². The van der Waals surface area contributed by atoms with Gasteiger partial charge in [-0.3, -0.25) is 4.99 Å². The standard InChI is InChI=1S/C24H34N4O2/c1-3-29-14-15-30-19-21-9-7-8-20(16-21)17-26-24(25-2)27-22-12-13-28(18-22)23-10-5-4-6-11-23/h4-11,16,22H,3,12-15,17-19H2,1-2H3,(H2,25,26,27). The number of ether oxygens (including phenoxy) is 2. The van der Waals surface area contributed by atoms with E-state index in [-0.39, 0.29) is 0 Å². The number of para-hydroxylation sites is 1. The second-order valence-corrected chi connectivity index (χ2v) is 7.41. The lowest BCUT2D eigenvalue weighted by atomic mass is 10.1. The van der Waals surface area contributed by atoms with Crippen LogP contribution in [0.2, 0.25) is 0 Å². The van der Waals surface area contributed by atoms with Crippen molar-refractivity contribution >= 4 is 11.6 Å². The number of hydrogen-bond acceptors (Lipinski definition) is 4. The molecule has 0 bridgehead atoms. The van der Waals surface area contributed by atoms with Crippen LogP contribution < -0.4 is 15.5 Å². The van der Waals surface area contributed by atoms with E-state index in [0.29, 0.717) is 25.9 Å². The number of benzene rings is 2. The molecule has 2 N–H and O–H groups in total. The van der Waals surface area contributed by atoms with Gasteiger partial charge < -0.3 is 25.0 Å². The van der Waals surface area contributed by atoms with Crippen LogP contribution in [0, 0.1) is 0 Å². The molecule has 0 saturated carbocycles. The molecule has 1 unspecified atom stereocenters. The third-order valence-electron chi connectivity index (χ3n) is 5.17. The highest BCUT2D eigenvalue weighted by Crippen LogP contribution is 2.19. The van der Waals surface area contributed by atoms with Gasteiger partial charge in [-0.2, -0.15) is 0 Å². The number of anilines is 1. The molecule has 1 saturated heterocycles. The average molecular weight is 411 g/mol. The number of aliphatic imine (C=N–C) groups is 1. The maximum atomic E-state index is 5.67. The van der Waals surface area contributed by atoms with Gasteiger partial charge >= 0.3 is 0 Å². The fourth-order valence-corrected chi connectivity index (χ4v) is 3.61. The molecule has 1 aliphatic rings. The second kappa shape index (κ2) is 12.2. The third-order valence-corrected chi connectivity index (χ3v) is 5.17. The lowest BCUT2D eigenvalue weighted by molar-refractivity contribution is 0.0453. The Kier molecular flexibility index (Phi) is 9.00. The zero-order valence-corrected chi connectivity index (χ0v) is 18.1. The Balaban J connectivity index is 1.43. The minimum Gasteiger partial charge on any atom is -0.379 e. The Morgan fingerprint density at radius 3 is 2.67 bits per heavy atom. The summed E-state index contributed by atoms with van der Waals surface area (Å²) in [4.78, 5) is 6.82. The number of guanidine groups is 1. The first kappa shape index (κ1) is 22.1. The van der Waals surface area contributed by atoms with Crippen LogP contribution in [-0.4, -0.2) is 52.0 Å². The Morgan fingerprint density at radius 1 is 1.07 bits per heavy atom. The molecule has 0 aromatic heterocycles. The van der Waals surface area contributed by atoms with E-state index in [0.717, 1.165) is 38.6 Å². The Labute approximate surface area is 180 Å². The first-order valence-corrected chi connectivity index (χ1v) is 10.8. The highest BCUT2D eigenvalue weighted by Gasteiger charge is 2.23. The third kappa shape index (κ3) is 7.04. The summed E-state index contributed by atoms with van der Waals surface area (Å²) in [5.74, 6) is 0.841. The van der Waals surface area contributed by atoms with Crippen molar-refractivity contribution in [1.82, 2.24) is 10.6 Å². The molecule has 6 nitrogen and oxygen atoms in total. The van der Waals surface area contributed by atoms with Crippen LogP contribution in [0.4, 0.5) is 5.69 Å². The van der Waals surface area contributed by atoms with Crippen LogP contribution in [-0.2, 0) is 22.6 Å². The number of nitrogens with zero attached hydrogens (tertiary/aromatic N) is 2. The van der Waals surface area contributed by atoms with Gasteiger partial charge in [0.05, 0.1) is 19.8 Å². The average Bonchev–Trinajstić information content (AvgIpc) is 3.26. The molecular formula is C24H34N4O2. The van der Waals surface area contributed by atoms with E-state index in [1.807, 2.05) is 14.0 Å². The van der Waals surface area contributed by atoms with Crippen molar-refractivity contribution in [1.29, 1.82) is 0 Å². The van der Waals surface area contributed by atoms with E-state index in [2.05, 4.69) is 75.1 Å². The van der Waals surface area contributed by atoms with Gasteiger partial charge in [-0.15, -0.1) is 0 Å². The highest BCUT2D eigenvalue weighted by atomic mass is 16.5. The maximum absolute atomic E-state index is 5.67. The Hall–Kier alpha value is -2.57. The fourth-order valence-electron chi connectivity index (χ4n) is 3.61. The minimum absolute atomic E-state index is 0.390. The monoisotopic (exact) mass is 410 g/mol. The predicted octanol–water partition coefficient (Wildman–Crippen LogP) is 3.18. The molecular weight excluding hydrogens is 376 g/mol. The van der Waals surface area contributed by atoms with Gasteiger partial charge in [0.15, 0.2) is 5.96 Å². The topological polar surface area (TPSA) is 58.1 Å². The lowest BCUT2D eigenvalue weighted by Gasteiger charge is -2.20. The smallest absolute Gasteiger partial charge is 0.191 e. The van der Waals surface area contributed by atoms with Crippen molar-refractivity contribution in [3.63, 3.8) is 0 Å². The van der Waals surface area contributed by atoms with Crippen molar-refractivity contribution in [2.24, 2.45) is 4.99 Å². The largest absolute Gasteiger partial charge is 0.379 e. The second-order valence-electron chi connectivity index (χ2n) is 7.41. The molecule has 1 heterocycles. The molecule has 0 spiro atoms. The maximum Gasteiger partial charge on any atom is 0.191 e. The zero-order chi connectivity index (χ0) is 21.0. The Morgan fingerprint density at radius 2 is 1.87 bits per heavy atom. The van der Waals surface area contributed by atoms with Crippen molar-refractivity contribution in [2.45, 2.75) is 32.5 Å². The predicted molar refractivity (Wildman–Crippen MR) is 123 cm³/mol. The first-order valence-electron chi connectivity index (χ1n) is 10.8. The number of nitrogens with one attached hydrogen (secondary N) is 2. The van der Waals surface area contributed by atoms with Gasteiger partial charge in [-0.05, 0) is 36.6 Å². The molecule has 1 fully saturated rings. The van der Waals surface area contributed by atoms with E-state index in [1.165, 1.54) is 16.8 Å². The van der Waals surface area contributed by atoms with Crippen molar-refractivity contribution in [2.75, 3.05) is 44.9 Å². The van der Waals surface area contributed by atoms with Crippen molar-refractivity contribution < 1.29 is 9.47 Å². The van der Waals surface area contributed by atoms with Crippen LogP contribution >= 0.6 is 0 Å². The van der Waals surface area contributed by atoms with Gasteiger partial charge in [0, 0.05) is 45.0 Å². The van der Waals surface area contributed by atoms with Crippen LogP contribution in [0.25, 0.3) is 0 Å². The quantitative estimate of drug-likeness (QED) is 0.358. The normalized spacial score (nSPS) is 16.7. The summed E-state index contributed by atoms with van der Waals surface area (Å²) >= 11 is 0. The fraction of sp³-hybridized carbons (Fsp3) is 0.458. The summed E-state index contributed by atoms with van der Waals surface area (Å²) in [5, 5.41) is 7.00. The lowest BCUT2D eigenvalue weighted by Crippen LogP contribution is -2.44. The van der Waals surface area contributed by atoms with Gasteiger partial charge in [0.25, 0.3) is 0 Å². The minimum atomic E-state index is 0.390. The molecule has 6 heteroatoms. The van der Waals surface area contributed by atoms with Crippen molar-refractivity contribution in [3.8, 4) is 0 Å². The van der Waals surface area contributed by atoms with Crippen LogP contribution in [0.15, 0.2) is 59.6 Å². The molecule has 3 rings (SSSR count). The first-order chi connectivity index (χ1) is 14.8. The van der Waals surface area contributed by atoms with Gasteiger partial charge in [-0.25, -0.2) is 0 Å². The van der Waals surface area contributed by atoms with Gasteiger partial charge in [0.1, 0.15) is 0 Å². The summed E-state index contributed by atoms with van der Waals surface area (Å²) in [6.07, 6.45) is 1.10. The molecule has 0 amide bonds. The number of hydrogen-bond donors (Lipinski definition) is 2. The summed E-state index contributed by atoms with van der Waals surface area (Å²) < 4.78 is 11.0. The number of rotatable bonds is 10. The summed E-state index contributed by atoms with van der Waals surface area (Å²) in [6, 6.07) is 19.4. The summed E-state index contributed by atoms with van der Waals surface area (Å²) in [5.41, 5.74) is 3.66. The zero-order valence-electron chi connectivity index (χ0n) is 18.1. The van der Waals surface area contributed by atoms with Crippen LogP contribution in [0.5, 0.6) is 0 Å². The molecule has 0 aliphatic carbocycles. The van der Waals surface area contributed by atoms with Crippen LogP contribution in [0.3, 0.4) is 0 Å². The van der Waals surface area contributed by atoms with Crippen LogP contribution in [0.1, 0.15) is 24.5 Å². The molecule has 162 valence electrons. The van der Waals surface area contributed by atoms with E-state index >= 15 is 0 Å².